The molecule has 0 spiro atoms. The standard InChI is InChI=1S/C6H11F2NO/c1-4(10)5-2-6(7,8)3-9-5/h4-5,9-10H,2-3H2,1H3. The normalized spacial score (nSPS) is 34.2. The number of hydrogen-bond donors (Lipinski definition) is 2. The van der Waals surface area contributed by atoms with Gasteiger partial charge in [-0.1, -0.05) is 0 Å². The van der Waals surface area contributed by atoms with E-state index in [1.165, 1.54) is 6.92 Å². The second-order valence-corrected chi connectivity index (χ2v) is 2.79. The van der Waals surface area contributed by atoms with E-state index in [1.807, 2.05) is 0 Å². The van der Waals surface area contributed by atoms with Crippen molar-refractivity contribution in [2.24, 2.45) is 0 Å². The molecule has 0 radical (unpaired) electrons. The molecule has 2 N–H and O–H groups in total. The zero-order chi connectivity index (χ0) is 7.78. The van der Waals surface area contributed by atoms with Crippen LogP contribution in [-0.4, -0.2) is 29.7 Å². The summed E-state index contributed by atoms with van der Waals surface area (Å²) in [6.07, 6.45) is -0.932. The number of aliphatic hydroxyl groups excluding tert-OH is 1. The maximum absolute atomic E-state index is 12.4. The molecular weight excluding hydrogens is 140 g/mol. The zero-order valence-electron chi connectivity index (χ0n) is 5.77. The number of halogens is 2. The fourth-order valence-electron chi connectivity index (χ4n) is 1.09. The van der Waals surface area contributed by atoms with E-state index in [0.717, 1.165) is 0 Å². The quantitative estimate of drug-likeness (QED) is 0.567. The molecule has 1 heterocycles. The molecule has 60 valence electrons. The molecule has 10 heavy (non-hydrogen) atoms. The van der Waals surface area contributed by atoms with Gasteiger partial charge in [0.2, 0.25) is 0 Å². The van der Waals surface area contributed by atoms with Crippen molar-refractivity contribution in [3.8, 4) is 0 Å². The highest BCUT2D eigenvalue weighted by atomic mass is 19.3. The van der Waals surface area contributed by atoms with Crippen LogP contribution < -0.4 is 5.32 Å². The summed E-state index contributed by atoms with van der Waals surface area (Å²) in [4.78, 5) is 0. The molecule has 1 rings (SSSR count). The van der Waals surface area contributed by atoms with E-state index in [0.29, 0.717) is 0 Å². The summed E-state index contributed by atoms with van der Waals surface area (Å²) in [5, 5.41) is 11.4. The van der Waals surface area contributed by atoms with Gasteiger partial charge < -0.3 is 10.4 Å². The minimum atomic E-state index is -2.62. The van der Waals surface area contributed by atoms with Crippen molar-refractivity contribution in [1.29, 1.82) is 0 Å². The molecule has 4 heteroatoms. The van der Waals surface area contributed by atoms with Crippen molar-refractivity contribution in [2.45, 2.75) is 31.4 Å². The molecule has 0 bridgehead atoms. The Bertz CT molecular complexity index is 127. The first-order valence-electron chi connectivity index (χ1n) is 3.30. The van der Waals surface area contributed by atoms with E-state index in [2.05, 4.69) is 5.32 Å². The van der Waals surface area contributed by atoms with Crippen molar-refractivity contribution >= 4 is 0 Å². The molecule has 2 unspecified atom stereocenters. The Hall–Kier alpha value is -0.220. The third-order valence-electron chi connectivity index (χ3n) is 1.72. The van der Waals surface area contributed by atoms with Gasteiger partial charge in [0, 0.05) is 12.5 Å². The molecule has 0 amide bonds. The topological polar surface area (TPSA) is 32.3 Å². The minimum absolute atomic E-state index is 0.245. The van der Waals surface area contributed by atoms with Gasteiger partial charge >= 0.3 is 0 Å². The van der Waals surface area contributed by atoms with Gasteiger partial charge in [-0.25, -0.2) is 8.78 Å². The summed E-state index contributed by atoms with van der Waals surface area (Å²) in [6, 6.07) is -0.435. The van der Waals surface area contributed by atoms with Gasteiger partial charge in [-0.05, 0) is 6.92 Å². The van der Waals surface area contributed by atoms with Gasteiger partial charge in [-0.2, -0.15) is 0 Å². The molecule has 2 nitrogen and oxygen atoms in total. The highest BCUT2D eigenvalue weighted by Crippen LogP contribution is 2.26. The van der Waals surface area contributed by atoms with Crippen LogP contribution in [0.1, 0.15) is 13.3 Å². The van der Waals surface area contributed by atoms with Crippen LogP contribution in [0.5, 0.6) is 0 Å². The van der Waals surface area contributed by atoms with E-state index in [-0.39, 0.29) is 13.0 Å². The van der Waals surface area contributed by atoms with Crippen molar-refractivity contribution < 1.29 is 13.9 Å². The molecule has 2 atom stereocenters. The van der Waals surface area contributed by atoms with Crippen molar-refractivity contribution in [3.63, 3.8) is 0 Å². The first-order chi connectivity index (χ1) is 4.51. The van der Waals surface area contributed by atoms with E-state index < -0.39 is 18.1 Å². The van der Waals surface area contributed by atoms with Gasteiger partial charge in [0.05, 0.1) is 12.6 Å². The van der Waals surface area contributed by atoms with Crippen LogP contribution in [0.25, 0.3) is 0 Å². The largest absolute Gasteiger partial charge is 0.392 e. The SMILES string of the molecule is CC(O)C1CC(F)(F)CN1. The molecule has 0 saturated carbocycles. The summed E-state index contributed by atoms with van der Waals surface area (Å²) in [6.45, 7) is 1.21. The fraction of sp³-hybridized carbons (Fsp3) is 1.00. The molecule has 0 aromatic heterocycles. The molecule has 0 aromatic rings. The third-order valence-corrected chi connectivity index (χ3v) is 1.72. The molecule has 0 aliphatic carbocycles. The van der Waals surface area contributed by atoms with Gasteiger partial charge in [-0.15, -0.1) is 0 Å². The van der Waals surface area contributed by atoms with Crippen molar-refractivity contribution in [2.75, 3.05) is 6.54 Å². The Kier molecular flexibility index (Phi) is 1.92. The highest BCUT2D eigenvalue weighted by molar-refractivity contribution is 4.89. The maximum Gasteiger partial charge on any atom is 0.261 e. The highest BCUT2D eigenvalue weighted by Gasteiger charge is 2.40. The van der Waals surface area contributed by atoms with Crippen LogP contribution >= 0.6 is 0 Å². The van der Waals surface area contributed by atoms with Gasteiger partial charge in [-0.3, -0.25) is 0 Å². The Morgan fingerprint density at radius 3 is 2.50 bits per heavy atom. The Balaban J connectivity index is 2.43. The zero-order valence-corrected chi connectivity index (χ0v) is 5.77. The smallest absolute Gasteiger partial charge is 0.261 e. The maximum atomic E-state index is 12.4. The average Bonchev–Trinajstić information content (AvgIpc) is 2.10. The van der Waals surface area contributed by atoms with Crippen LogP contribution in [0.4, 0.5) is 8.78 Å². The summed E-state index contributed by atoms with van der Waals surface area (Å²) in [5.74, 6) is -2.62. The lowest BCUT2D eigenvalue weighted by atomic mass is 10.1. The number of aliphatic hydroxyl groups is 1. The van der Waals surface area contributed by atoms with Crippen LogP contribution in [0, 0.1) is 0 Å². The summed E-state index contributed by atoms with van der Waals surface area (Å²) >= 11 is 0. The lowest BCUT2D eigenvalue weighted by Gasteiger charge is -2.12. The van der Waals surface area contributed by atoms with E-state index in [4.69, 9.17) is 5.11 Å². The van der Waals surface area contributed by atoms with Gasteiger partial charge in [0.25, 0.3) is 5.92 Å². The first kappa shape index (κ1) is 7.88. The number of rotatable bonds is 1. The molecule has 1 fully saturated rings. The predicted molar refractivity (Wildman–Crippen MR) is 33.0 cm³/mol. The van der Waals surface area contributed by atoms with E-state index in [1.54, 1.807) is 0 Å². The molecule has 0 aromatic carbocycles. The van der Waals surface area contributed by atoms with Gasteiger partial charge in [0.15, 0.2) is 0 Å². The minimum Gasteiger partial charge on any atom is -0.392 e. The monoisotopic (exact) mass is 151 g/mol. The summed E-state index contributed by atoms with van der Waals surface area (Å²) < 4.78 is 24.8. The molecule has 1 aliphatic heterocycles. The number of hydrogen-bond acceptors (Lipinski definition) is 2. The van der Waals surface area contributed by atoms with Crippen LogP contribution in [-0.2, 0) is 0 Å². The lowest BCUT2D eigenvalue weighted by Crippen LogP contribution is -2.32. The Morgan fingerprint density at radius 2 is 2.30 bits per heavy atom. The van der Waals surface area contributed by atoms with Crippen LogP contribution in [0.15, 0.2) is 0 Å². The Labute approximate surface area is 58.2 Å². The molecule has 1 saturated heterocycles. The van der Waals surface area contributed by atoms with Gasteiger partial charge in [0.1, 0.15) is 0 Å². The van der Waals surface area contributed by atoms with Crippen molar-refractivity contribution in [3.05, 3.63) is 0 Å². The second kappa shape index (κ2) is 2.43. The number of alkyl halides is 2. The summed E-state index contributed by atoms with van der Waals surface area (Å²) in [5.41, 5.74) is 0. The van der Waals surface area contributed by atoms with Crippen LogP contribution in [0.3, 0.4) is 0 Å². The third kappa shape index (κ3) is 1.64. The lowest BCUT2D eigenvalue weighted by molar-refractivity contribution is 0.0155. The van der Waals surface area contributed by atoms with Crippen LogP contribution in [0.2, 0.25) is 0 Å². The molecule has 1 aliphatic rings. The Morgan fingerprint density at radius 1 is 1.70 bits per heavy atom. The predicted octanol–water partition coefficient (Wildman–Crippen LogP) is 0.364. The number of nitrogens with one attached hydrogen (secondary N) is 1. The second-order valence-electron chi connectivity index (χ2n) is 2.79. The van der Waals surface area contributed by atoms with E-state index in [9.17, 15) is 8.78 Å². The average molecular weight is 151 g/mol. The first-order valence-corrected chi connectivity index (χ1v) is 3.30. The fourth-order valence-corrected chi connectivity index (χ4v) is 1.09. The molecular formula is C6H11F2NO. The summed E-state index contributed by atoms with van der Waals surface area (Å²) in [7, 11) is 0. The van der Waals surface area contributed by atoms with E-state index >= 15 is 0 Å². The van der Waals surface area contributed by atoms with Crippen molar-refractivity contribution in [1.82, 2.24) is 5.32 Å².